The zero-order valence-corrected chi connectivity index (χ0v) is 16.5. The molecule has 0 fully saturated rings. The van der Waals surface area contributed by atoms with Crippen molar-refractivity contribution in [2.24, 2.45) is 0 Å². The fourth-order valence-electron chi connectivity index (χ4n) is 2.38. The summed E-state index contributed by atoms with van der Waals surface area (Å²) in [5.74, 6) is -0.741. The number of carbonyl (C=O) groups is 2. The highest BCUT2D eigenvalue weighted by molar-refractivity contribution is 7.12. The maximum atomic E-state index is 12.7. The Hall–Kier alpha value is -2.54. The Labute approximate surface area is 170 Å². The number of halogens is 2. The van der Waals surface area contributed by atoms with Crippen LogP contribution in [0, 0.1) is 6.92 Å². The molecule has 2 aromatic carbocycles. The van der Waals surface area contributed by atoms with E-state index >= 15 is 0 Å². The van der Waals surface area contributed by atoms with Gasteiger partial charge in [-0.15, -0.1) is 11.3 Å². The van der Waals surface area contributed by atoms with Crippen LogP contribution in [-0.2, 0) is 0 Å². The molecule has 5 nitrogen and oxygen atoms in total. The maximum Gasteiger partial charge on any atom is 0.266 e. The summed E-state index contributed by atoms with van der Waals surface area (Å²) in [6.07, 6.45) is 0. The highest BCUT2D eigenvalue weighted by Gasteiger charge is 2.18. The van der Waals surface area contributed by atoms with Gasteiger partial charge in [-0.1, -0.05) is 23.2 Å². The van der Waals surface area contributed by atoms with Crippen molar-refractivity contribution >= 4 is 63.4 Å². The number of hydrogen-bond donors (Lipinski definition) is 3. The Morgan fingerprint density at radius 3 is 2.26 bits per heavy atom. The van der Waals surface area contributed by atoms with E-state index in [1.807, 2.05) is 0 Å². The molecule has 2 amide bonds. The molecule has 0 atom stereocenters. The van der Waals surface area contributed by atoms with Crippen molar-refractivity contribution in [2.75, 3.05) is 16.4 Å². The van der Waals surface area contributed by atoms with Crippen molar-refractivity contribution in [1.82, 2.24) is 0 Å². The largest absolute Gasteiger partial charge is 0.398 e. The lowest BCUT2D eigenvalue weighted by molar-refractivity contribution is 0.102. The number of hydrogen-bond acceptors (Lipinski definition) is 4. The van der Waals surface area contributed by atoms with Crippen molar-refractivity contribution in [3.8, 4) is 0 Å². The van der Waals surface area contributed by atoms with Crippen LogP contribution >= 0.6 is 34.5 Å². The Bertz CT molecular complexity index is 1020. The van der Waals surface area contributed by atoms with Gasteiger partial charge >= 0.3 is 0 Å². The number of amides is 2. The van der Waals surface area contributed by atoms with Gasteiger partial charge < -0.3 is 16.4 Å². The van der Waals surface area contributed by atoms with E-state index in [-0.39, 0.29) is 11.5 Å². The summed E-state index contributed by atoms with van der Waals surface area (Å²) in [5.41, 5.74) is 8.24. The monoisotopic (exact) mass is 419 g/mol. The molecule has 0 aliphatic rings. The zero-order valence-electron chi connectivity index (χ0n) is 14.2. The Kier molecular flexibility index (Phi) is 5.70. The number of nitrogens with one attached hydrogen (secondary N) is 2. The summed E-state index contributed by atoms with van der Waals surface area (Å²) in [6, 6.07) is 11.4. The van der Waals surface area contributed by atoms with E-state index in [1.54, 1.807) is 48.7 Å². The van der Waals surface area contributed by atoms with Crippen LogP contribution in [-0.4, -0.2) is 11.8 Å². The topological polar surface area (TPSA) is 84.2 Å². The van der Waals surface area contributed by atoms with E-state index in [2.05, 4.69) is 10.6 Å². The van der Waals surface area contributed by atoms with Gasteiger partial charge in [0, 0.05) is 26.8 Å². The summed E-state index contributed by atoms with van der Waals surface area (Å²) in [4.78, 5) is 25.7. The average molecular weight is 420 g/mol. The third kappa shape index (κ3) is 4.42. The average Bonchev–Trinajstić information content (AvgIpc) is 2.97. The van der Waals surface area contributed by atoms with Crippen molar-refractivity contribution in [1.29, 1.82) is 0 Å². The summed E-state index contributed by atoms with van der Waals surface area (Å²) < 4.78 is 0. The number of nitrogen functional groups attached to an aromatic ring is 1. The van der Waals surface area contributed by atoms with E-state index in [0.717, 1.165) is 0 Å². The standard InChI is InChI=1S/C19H15Cl2N3O2S/c1-10-15(22)9-27-17(10)19(26)24-16-7-4-12(21)8-14(16)18(25)23-13-5-2-11(20)3-6-13/h2-9H,22H2,1H3,(H,23,25)(H,24,26). The summed E-state index contributed by atoms with van der Waals surface area (Å²) >= 11 is 13.1. The molecule has 0 spiro atoms. The lowest BCUT2D eigenvalue weighted by atomic mass is 10.1. The first-order valence-corrected chi connectivity index (χ1v) is 9.50. The van der Waals surface area contributed by atoms with E-state index in [1.165, 1.54) is 17.4 Å². The Morgan fingerprint density at radius 1 is 0.963 bits per heavy atom. The smallest absolute Gasteiger partial charge is 0.266 e. The molecule has 0 aliphatic carbocycles. The van der Waals surface area contributed by atoms with Gasteiger partial charge in [-0.25, -0.2) is 0 Å². The fraction of sp³-hybridized carbons (Fsp3) is 0.0526. The predicted octanol–water partition coefficient (Wildman–Crippen LogP) is 5.45. The van der Waals surface area contributed by atoms with Crippen LogP contribution in [0.2, 0.25) is 10.0 Å². The van der Waals surface area contributed by atoms with E-state index in [4.69, 9.17) is 28.9 Å². The molecule has 0 radical (unpaired) electrons. The first kappa shape index (κ1) is 19.2. The molecule has 27 heavy (non-hydrogen) atoms. The zero-order chi connectivity index (χ0) is 19.6. The van der Waals surface area contributed by atoms with Crippen molar-refractivity contribution in [3.63, 3.8) is 0 Å². The molecule has 0 aliphatic heterocycles. The molecule has 0 saturated heterocycles. The van der Waals surface area contributed by atoms with Crippen molar-refractivity contribution in [3.05, 3.63) is 73.9 Å². The molecular weight excluding hydrogens is 405 g/mol. The number of anilines is 3. The highest BCUT2D eigenvalue weighted by Crippen LogP contribution is 2.27. The first-order chi connectivity index (χ1) is 12.8. The molecule has 1 heterocycles. The molecular formula is C19H15Cl2N3O2S. The van der Waals surface area contributed by atoms with Gasteiger partial charge in [0.25, 0.3) is 11.8 Å². The second-order valence-corrected chi connectivity index (χ2v) is 7.50. The summed E-state index contributed by atoms with van der Waals surface area (Å²) in [5, 5.41) is 8.17. The number of carbonyl (C=O) groups excluding carboxylic acids is 2. The van der Waals surface area contributed by atoms with Crippen LogP contribution in [0.25, 0.3) is 0 Å². The minimum atomic E-state index is -0.405. The molecule has 0 unspecified atom stereocenters. The van der Waals surface area contributed by atoms with Crippen LogP contribution in [0.15, 0.2) is 47.8 Å². The van der Waals surface area contributed by atoms with Crippen LogP contribution in [0.4, 0.5) is 17.1 Å². The van der Waals surface area contributed by atoms with Crippen molar-refractivity contribution < 1.29 is 9.59 Å². The normalized spacial score (nSPS) is 10.5. The van der Waals surface area contributed by atoms with Gasteiger partial charge in [0.2, 0.25) is 0 Å². The third-order valence-corrected chi connectivity index (χ3v) is 5.45. The van der Waals surface area contributed by atoms with E-state index < -0.39 is 5.91 Å². The lowest BCUT2D eigenvalue weighted by Gasteiger charge is -2.12. The number of nitrogens with two attached hydrogens (primary N) is 1. The van der Waals surface area contributed by atoms with Crippen molar-refractivity contribution in [2.45, 2.75) is 6.92 Å². The Morgan fingerprint density at radius 2 is 1.63 bits per heavy atom. The van der Waals surface area contributed by atoms with Crippen LogP contribution < -0.4 is 16.4 Å². The predicted molar refractivity (Wildman–Crippen MR) is 112 cm³/mol. The lowest BCUT2D eigenvalue weighted by Crippen LogP contribution is -2.18. The SMILES string of the molecule is Cc1c(N)csc1C(=O)Nc1ccc(Cl)cc1C(=O)Nc1ccc(Cl)cc1. The van der Waals surface area contributed by atoms with Gasteiger partial charge in [0.1, 0.15) is 0 Å². The summed E-state index contributed by atoms with van der Waals surface area (Å²) in [7, 11) is 0. The van der Waals surface area contributed by atoms with Gasteiger partial charge in [0.15, 0.2) is 0 Å². The van der Waals surface area contributed by atoms with Gasteiger partial charge in [0.05, 0.1) is 16.1 Å². The number of rotatable bonds is 4. The maximum absolute atomic E-state index is 12.7. The first-order valence-electron chi connectivity index (χ1n) is 7.86. The molecule has 4 N–H and O–H groups in total. The quantitative estimate of drug-likeness (QED) is 0.525. The minimum Gasteiger partial charge on any atom is -0.398 e. The molecule has 3 rings (SSSR count). The van der Waals surface area contributed by atoms with Crippen LogP contribution in [0.5, 0.6) is 0 Å². The van der Waals surface area contributed by atoms with E-state index in [9.17, 15) is 9.59 Å². The second-order valence-electron chi connectivity index (χ2n) is 5.75. The third-order valence-electron chi connectivity index (χ3n) is 3.86. The highest BCUT2D eigenvalue weighted by atomic mass is 35.5. The second kappa shape index (κ2) is 8.00. The van der Waals surface area contributed by atoms with Crippen LogP contribution in [0.1, 0.15) is 25.6 Å². The Balaban J connectivity index is 1.86. The van der Waals surface area contributed by atoms with Gasteiger partial charge in [-0.2, -0.15) is 0 Å². The molecule has 0 saturated carbocycles. The summed E-state index contributed by atoms with van der Waals surface area (Å²) in [6.45, 7) is 1.77. The van der Waals surface area contributed by atoms with Crippen LogP contribution in [0.3, 0.4) is 0 Å². The molecule has 8 heteroatoms. The minimum absolute atomic E-state index is 0.244. The van der Waals surface area contributed by atoms with Gasteiger partial charge in [-0.05, 0) is 55.0 Å². The molecule has 3 aromatic rings. The van der Waals surface area contributed by atoms with Gasteiger partial charge in [-0.3, -0.25) is 9.59 Å². The van der Waals surface area contributed by atoms with E-state index in [0.29, 0.717) is 37.5 Å². The fourth-order valence-corrected chi connectivity index (χ4v) is 3.55. The molecule has 1 aromatic heterocycles. The molecule has 138 valence electrons. The number of thiophene rings is 1. The molecule has 0 bridgehead atoms. The number of benzene rings is 2.